The third-order valence-corrected chi connectivity index (χ3v) is 7.48. The summed E-state index contributed by atoms with van der Waals surface area (Å²) in [4.78, 5) is 61.5. The second kappa shape index (κ2) is 17.9. The largest absolute Gasteiger partial charge is 0.493 e. The van der Waals surface area contributed by atoms with Crippen molar-refractivity contribution in [3.63, 3.8) is 0 Å². The summed E-state index contributed by atoms with van der Waals surface area (Å²) in [5.41, 5.74) is 2.05. The van der Waals surface area contributed by atoms with E-state index in [2.05, 4.69) is 5.32 Å². The number of hydrogen-bond acceptors (Lipinski definition) is 10. The SMILES string of the molecule is COc1ccc(CN(C(=O)OCOC(=O)CCC=O)N(C)C(=O)c2ccc(NC(=O)OCc3ccccc3)cc2)cc1OC1CCCC1. The smallest absolute Gasteiger partial charge is 0.432 e. The van der Waals surface area contributed by atoms with Crippen molar-refractivity contribution in [2.24, 2.45) is 0 Å². The number of nitrogens with one attached hydrogen (secondary N) is 1. The molecule has 0 aromatic heterocycles. The molecular formula is C35H39N3O10. The fourth-order valence-electron chi connectivity index (χ4n) is 4.90. The van der Waals surface area contributed by atoms with Crippen molar-refractivity contribution >= 4 is 36.0 Å². The number of amides is 3. The Bertz CT molecular complexity index is 1540. The third-order valence-electron chi connectivity index (χ3n) is 7.48. The molecule has 3 aromatic carbocycles. The summed E-state index contributed by atoms with van der Waals surface area (Å²) >= 11 is 0. The molecule has 1 saturated carbocycles. The minimum Gasteiger partial charge on any atom is -0.493 e. The first kappa shape index (κ1) is 35.3. The van der Waals surface area contributed by atoms with Gasteiger partial charge < -0.3 is 28.5 Å². The number of nitrogens with zero attached hydrogens (tertiary/aromatic N) is 2. The lowest BCUT2D eigenvalue weighted by Crippen LogP contribution is -2.47. The zero-order chi connectivity index (χ0) is 34.3. The van der Waals surface area contributed by atoms with E-state index in [4.69, 9.17) is 23.7 Å². The Kier molecular flexibility index (Phi) is 13.2. The topological polar surface area (TPSA) is 150 Å². The van der Waals surface area contributed by atoms with Crippen molar-refractivity contribution in [3.05, 3.63) is 89.5 Å². The molecule has 1 aliphatic carbocycles. The van der Waals surface area contributed by atoms with Crippen LogP contribution < -0.4 is 14.8 Å². The van der Waals surface area contributed by atoms with Crippen molar-refractivity contribution in [2.75, 3.05) is 26.3 Å². The van der Waals surface area contributed by atoms with Crippen LogP contribution in [-0.4, -0.2) is 67.4 Å². The van der Waals surface area contributed by atoms with Gasteiger partial charge in [0.15, 0.2) is 11.5 Å². The van der Waals surface area contributed by atoms with Crippen LogP contribution in [0.3, 0.4) is 0 Å². The predicted octanol–water partition coefficient (Wildman–Crippen LogP) is 5.87. The fraction of sp³-hybridized carbons (Fsp3) is 0.343. The summed E-state index contributed by atoms with van der Waals surface area (Å²) in [7, 11) is 2.93. The molecule has 254 valence electrons. The quantitative estimate of drug-likeness (QED) is 0.0962. The van der Waals surface area contributed by atoms with Crippen LogP contribution in [0.4, 0.5) is 15.3 Å². The molecule has 0 unspecified atom stereocenters. The van der Waals surface area contributed by atoms with Gasteiger partial charge in [0.25, 0.3) is 5.91 Å². The van der Waals surface area contributed by atoms with Gasteiger partial charge in [-0.15, -0.1) is 0 Å². The molecule has 0 bridgehead atoms. The van der Waals surface area contributed by atoms with E-state index < -0.39 is 30.9 Å². The zero-order valence-corrected chi connectivity index (χ0v) is 26.9. The summed E-state index contributed by atoms with van der Waals surface area (Å²) in [5, 5.41) is 4.74. The number of methoxy groups -OCH3 is 1. The lowest BCUT2D eigenvalue weighted by molar-refractivity contribution is -0.153. The zero-order valence-electron chi connectivity index (χ0n) is 26.9. The first-order chi connectivity index (χ1) is 23.3. The van der Waals surface area contributed by atoms with Crippen LogP contribution in [0.25, 0.3) is 0 Å². The molecule has 4 rings (SSSR count). The Hall–Kier alpha value is -5.59. The van der Waals surface area contributed by atoms with Crippen LogP contribution in [0, 0.1) is 0 Å². The monoisotopic (exact) mass is 661 g/mol. The Morgan fingerprint density at radius 1 is 0.875 bits per heavy atom. The van der Waals surface area contributed by atoms with Crippen LogP contribution in [-0.2, 0) is 37.0 Å². The van der Waals surface area contributed by atoms with Crippen LogP contribution in [0.15, 0.2) is 72.8 Å². The van der Waals surface area contributed by atoms with E-state index in [0.29, 0.717) is 29.0 Å². The summed E-state index contributed by atoms with van der Waals surface area (Å²) in [6, 6.07) is 20.5. The number of hydrogen-bond donors (Lipinski definition) is 1. The Morgan fingerprint density at radius 3 is 2.29 bits per heavy atom. The van der Waals surface area contributed by atoms with Crippen LogP contribution in [0.1, 0.15) is 60.0 Å². The van der Waals surface area contributed by atoms with E-state index in [0.717, 1.165) is 41.3 Å². The highest BCUT2D eigenvalue weighted by Gasteiger charge is 2.27. The molecule has 1 N–H and O–H groups in total. The lowest BCUT2D eigenvalue weighted by Gasteiger charge is -2.31. The molecule has 0 spiro atoms. The number of esters is 1. The van der Waals surface area contributed by atoms with Crippen molar-refractivity contribution in [3.8, 4) is 11.5 Å². The molecular weight excluding hydrogens is 622 g/mol. The summed E-state index contributed by atoms with van der Waals surface area (Å²) < 4.78 is 27.0. The molecule has 3 amide bonds. The van der Waals surface area contributed by atoms with Crippen molar-refractivity contribution < 1.29 is 47.7 Å². The number of benzene rings is 3. The molecule has 48 heavy (non-hydrogen) atoms. The minimum absolute atomic E-state index is 0.0257. The van der Waals surface area contributed by atoms with Gasteiger partial charge >= 0.3 is 18.2 Å². The lowest BCUT2D eigenvalue weighted by atomic mass is 10.1. The van der Waals surface area contributed by atoms with E-state index in [1.807, 2.05) is 30.3 Å². The molecule has 1 fully saturated rings. The highest BCUT2D eigenvalue weighted by molar-refractivity contribution is 5.95. The Labute approximate surface area is 278 Å². The average molecular weight is 662 g/mol. The molecule has 3 aromatic rings. The molecule has 13 heteroatoms. The Morgan fingerprint density at radius 2 is 1.60 bits per heavy atom. The third kappa shape index (κ3) is 10.5. The van der Waals surface area contributed by atoms with E-state index in [1.165, 1.54) is 38.4 Å². The van der Waals surface area contributed by atoms with Crippen molar-refractivity contribution in [1.82, 2.24) is 10.0 Å². The van der Waals surface area contributed by atoms with Gasteiger partial charge in [-0.05, 0) is 73.2 Å². The van der Waals surface area contributed by atoms with Gasteiger partial charge in [0.05, 0.1) is 26.2 Å². The normalized spacial score (nSPS) is 12.4. The highest BCUT2D eigenvalue weighted by atomic mass is 16.7. The maximum atomic E-state index is 13.6. The number of ether oxygens (including phenoxy) is 5. The Balaban J connectivity index is 1.45. The first-order valence-electron chi connectivity index (χ1n) is 15.5. The standard InChI is InChI=1S/C35H39N3O10/c1-37(33(41)27-15-17-28(18-16-27)36-34(42)45-23-25-9-4-3-5-10-25)38(35(43)47-24-46-32(40)13-8-20-39)22-26-14-19-30(44-2)31(21-26)48-29-11-6-7-12-29/h3-5,9-10,14-21,29H,6-8,11-13,22-24H2,1-2H3,(H,36,42). The number of anilines is 1. The number of hydrazine groups is 1. The van der Waals surface area contributed by atoms with Crippen LogP contribution in [0.2, 0.25) is 0 Å². The van der Waals surface area contributed by atoms with Crippen LogP contribution >= 0.6 is 0 Å². The molecule has 0 atom stereocenters. The van der Waals surface area contributed by atoms with Gasteiger partial charge in [0.2, 0.25) is 6.79 Å². The van der Waals surface area contributed by atoms with E-state index >= 15 is 0 Å². The van der Waals surface area contributed by atoms with E-state index in [9.17, 15) is 24.0 Å². The van der Waals surface area contributed by atoms with Crippen molar-refractivity contribution in [2.45, 2.75) is 57.8 Å². The van der Waals surface area contributed by atoms with Gasteiger partial charge in [0, 0.05) is 24.7 Å². The molecule has 0 radical (unpaired) electrons. The average Bonchev–Trinajstić information content (AvgIpc) is 3.62. The first-order valence-corrected chi connectivity index (χ1v) is 15.5. The molecule has 1 aliphatic rings. The van der Waals surface area contributed by atoms with Gasteiger partial charge in [0.1, 0.15) is 12.9 Å². The summed E-state index contributed by atoms with van der Waals surface area (Å²) in [5.74, 6) is -0.237. The maximum Gasteiger partial charge on any atom is 0.432 e. The maximum absolute atomic E-state index is 13.6. The van der Waals surface area contributed by atoms with Crippen molar-refractivity contribution in [1.29, 1.82) is 0 Å². The van der Waals surface area contributed by atoms with Gasteiger partial charge in [-0.2, -0.15) is 0 Å². The fourth-order valence-corrected chi connectivity index (χ4v) is 4.90. The summed E-state index contributed by atoms with van der Waals surface area (Å²) in [6.07, 6.45) is 2.83. The molecule has 0 heterocycles. The van der Waals surface area contributed by atoms with E-state index in [-0.39, 0.29) is 37.7 Å². The molecule has 0 saturated heterocycles. The van der Waals surface area contributed by atoms with Gasteiger partial charge in [-0.25, -0.2) is 19.6 Å². The van der Waals surface area contributed by atoms with Gasteiger partial charge in [-0.1, -0.05) is 36.4 Å². The number of carbonyl (C=O) groups is 5. The second-order valence-corrected chi connectivity index (χ2v) is 10.9. The molecule has 0 aliphatic heterocycles. The van der Waals surface area contributed by atoms with Gasteiger partial charge in [-0.3, -0.25) is 14.9 Å². The van der Waals surface area contributed by atoms with E-state index in [1.54, 1.807) is 18.2 Å². The number of rotatable bonds is 14. The minimum atomic E-state index is -0.970. The molecule has 13 nitrogen and oxygen atoms in total. The summed E-state index contributed by atoms with van der Waals surface area (Å²) in [6.45, 7) is -0.729. The highest BCUT2D eigenvalue weighted by Crippen LogP contribution is 2.33. The number of aldehydes is 1. The predicted molar refractivity (Wildman–Crippen MR) is 173 cm³/mol. The second-order valence-electron chi connectivity index (χ2n) is 10.9. The van der Waals surface area contributed by atoms with Crippen LogP contribution in [0.5, 0.6) is 11.5 Å². The number of carbonyl (C=O) groups excluding carboxylic acids is 5.